The van der Waals surface area contributed by atoms with Crippen LogP contribution in [0.2, 0.25) is 0 Å². The highest BCUT2D eigenvalue weighted by atomic mass is 32.1. The number of aromatic nitrogens is 2. The molecule has 3 aromatic rings. The predicted octanol–water partition coefficient (Wildman–Crippen LogP) is 2.88. The number of nitrogens with zero attached hydrogens (tertiary/aromatic N) is 2. The number of amides is 2. The van der Waals surface area contributed by atoms with E-state index in [1.54, 1.807) is 25.3 Å². The lowest BCUT2D eigenvalue weighted by Gasteiger charge is -2.15. The van der Waals surface area contributed by atoms with Crippen LogP contribution in [0.5, 0.6) is 5.75 Å². The number of rotatable bonds is 5. The summed E-state index contributed by atoms with van der Waals surface area (Å²) >= 11 is 1.18. The van der Waals surface area contributed by atoms with Gasteiger partial charge < -0.3 is 4.74 Å². The van der Waals surface area contributed by atoms with Crippen LogP contribution in [0, 0.1) is 12.7 Å². The lowest BCUT2D eigenvalue weighted by molar-refractivity contribution is -0.128. The minimum Gasteiger partial charge on any atom is -0.481 e. The number of halogens is 1. The van der Waals surface area contributed by atoms with Crippen LogP contribution < -0.4 is 15.6 Å². The third-order valence-corrected chi connectivity index (χ3v) is 4.86. The molecule has 0 spiro atoms. The molecule has 2 amide bonds. The highest BCUT2D eigenvalue weighted by Crippen LogP contribution is 2.26. The van der Waals surface area contributed by atoms with E-state index in [0.29, 0.717) is 27.0 Å². The smallest absolute Gasteiger partial charge is 0.281 e. The Labute approximate surface area is 164 Å². The Bertz CT molecular complexity index is 977. The Balaban J connectivity index is 1.58. The standard InChI is InChI=1S/C19H17FN4O3S/c1-11-16(28-19(22-11)15-5-3-4-10-21-15)18(26)24-23-17(25)12(2)27-14-8-6-13(20)7-9-14/h3-10,12H,1-2H3,(H,23,25)(H,24,26). The molecule has 144 valence electrons. The molecular formula is C19H17FN4O3S. The minimum atomic E-state index is -0.891. The maximum Gasteiger partial charge on any atom is 0.281 e. The summed E-state index contributed by atoms with van der Waals surface area (Å²) in [5.74, 6) is -1.10. The van der Waals surface area contributed by atoms with Crippen LogP contribution in [-0.2, 0) is 4.79 Å². The molecule has 1 aromatic carbocycles. The summed E-state index contributed by atoms with van der Waals surface area (Å²) < 4.78 is 18.3. The second kappa shape index (κ2) is 8.57. The summed E-state index contributed by atoms with van der Waals surface area (Å²) in [6.45, 7) is 3.22. The molecule has 9 heteroatoms. The molecule has 7 nitrogen and oxygen atoms in total. The normalized spacial score (nSPS) is 11.5. The molecule has 0 bridgehead atoms. The van der Waals surface area contributed by atoms with Gasteiger partial charge in [0.1, 0.15) is 21.5 Å². The summed E-state index contributed by atoms with van der Waals surface area (Å²) in [5.41, 5.74) is 5.87. The van der Waals surface area contributed by atoms with Crippen LogP contribution in [0.15, 0.2) is 48.7 Å². The quantitative estimate of drug-likeness (QED) is 0.643. The first kappa shape index (κ1) is 19.4. The van der Waals surface area contributed by atoms with Crippen molar-refractivity contribution in [3.05, 3.63) is 65.0 Å². The molecule has 3 rings (SSSR count). The zero-order valence-corrected chi connectivity index (χ0v) is 15.9. The zero-order chi connectivity index (χ0) is 20.1. The second-order valence-corrected chi connectivity index (χ2v) is 6.80. The Morgan fingerprint density at radius 1 is 1.14 bits per heavy atom. The first-order chi connectivity index (χ1) is 13.4. The topological polar surface area (TPSA) is 93.2 Å². The van der Waals surface area contributed by atoms with E-state index in [1.165, 1.54) is 42.5 Å². The lowest BCUT2D eigenvalue weighted by Crippen LogP contribution is -2.47. The van der Waals surface area contributed by atoms with Gasteiger partial charge in [-0.25, -0.2) is 9.37 Å². The summed E-state index contributed by atoms with van der Waals surface area (Å²) in [4.78, 5) is 33.4. The fourth-order valence-electron chi connectivity index (χ4n) is 2.25. The number of pyridine rings is 1. The van der Waals surface area contributed by atoms with Gasteiger partial charge in [-0.2, -0.15) is 0 Å². The number of nitrogens with one attached hydrogen (secondary N) is 2. The second-order valence-electron chi connectivity index (χ2n) is 5.81. The molecule has 0 saturated heterocycles. The number of benzene rings is 1. The van der Waals surface area contributed by atoms with Crippen molar-refractivity contribution in [2.45, 2.75) is 20.0 Å². The molecule has 0 aliphatic heterocycles. The van der Waals surface area contributed by atoms with Gasteiger partial charge in [-0.3, -0.25) is 25.4 Å². The van der Waals surface area contributed by atoms with Crippen LogP contribution in [0.4, 0.5) is 4.39 Å². The number of thiazole rings is 1. The molecule has 0 radical (unpaired) electrons. The van der Waals surface area contributed by atoms with E-state index >= 15 is 0 Å². The number of carbonyl (C=O) groups is 2. The molecule has 1 atom stereocenters. The van der Waals surface area contributed by atoms with Gasteiger partial charge in [0.25, 0.3) is 11.8 Å². The van der Waals surface area contributed by atoms with E-state index in [2.05, 4.69) is 20.8 Å². The van der Waals surface area contributed by atoms with Crippen molar-refractivity contribution in [3.8, 4) is 16.5 Å². The molecule has 0 fully saturated rings. The highest BCUT2D eigenvalue weighted by molar-refractivity contribution is 7.17. The Morgan fingerprint density at radius 3 is 2.57 bits per heavy atom. The molecule has 0 saturated carbocycles. The first-order valence-electron chi connectivity index (χ1n) is 8.35. The average molecular weight is 400 g/mol. The zero-order valence-electron chi connectivity index (χ0n) is 15.1. The van der Waals surface area contributed by atoms with Gasteiger partial charge in [0.15, 0.2) is 6.10 Å². The van der Waals surface area contributed by atoms with Gasteiger partial charge >= 0.3 is 0 Å². The summed E-state index contributed by atoms with van der Waals surface area (Å²) in [7, 11) is 0. The van der Waals surface area contributed by atoms with Gasteiger partial charge in [0.05, 0.1) is 11.4 Å². The van der Waals surface area contributed by atoms with Gasteiger partial charge in [-0.1, -0.05) is 6.07 Å². The fourth-order valence-corrected chi connectivity index (χ4v) is 3.19. The highest BCUT2D eigenvalue weighted by Gasteiger charge is 2.19. The summed E-state index contributed by atoms with van der Waals surface area (Å²) in [6, 6.07) is 10.7. The van der Waals surface area contributed by atoms with E-state index in [4.69, 9.17) is 4.74 Å². The molecular weight excluding hydrogens is 383 g/mol. The van der Waals surface area contributed by atoms with Crippen molar-refractivity contribution < 1.29 is 18.7 Å². The van der Waals surface area contributed by atoms with Gasteiger partial charge in [0.2, 0.25) is 0 Å². The predicted molar refractivity (Wildman–Crippen MR) is 102 cm³/mol. The van der Waals surface area contributed by atoms with Crippen LogP contribution in [-0.4, -0.2) is 27.9 Å². The molecule has 2 aromatic heterocycles. The maximum absolute atomic E-state index is 12.9. The van der Waals surface area contributed by atoms with Gasteiger partial charge in [-0.05, 0) is 50.2 Å². The van der Waals surface area contributed by atoms with E-state index in [-0.39, 0.29) is 0 Å². The molecule has 2 N–H and O–H groups in total. The Hall–Kier alpha value is -3.33. The Kier molecular flexibility index (Phi) is 5.95. The van der Waals surface area contributed by atoms with Crippen molar-refractivity contribution in [3.63, 3.8) is 0 Å². The van der Waals surface area contributed by atoms with E-state index in [0.717, 1.165) is 0 Å². The number of aryl methyl sites for hydroxylation is 1. The largest absolute Gasteiger partial charge is 0.481 e. The van der Waals surface area contributed by atoms with Crippen molar-refractivity contribution in [1.29, 1.82) is 0 Å². The molecule has 2 heterocycles. The monoisotopic (exact) mass is 400 g/mol. The number of hydrazine groups is 1. The maximum atomic E-state index is 12.9. The number of hydrogen-bond acceptors (Lipinski definition) is 6. The summed E-state index contributed by atoms with van der Waals surface area (Å²) in [6.07, 6.45) is 0.756. The molecule has 0 aliphatic carbocycles. The van der Waals surface area contributed by atoms with Crippen LogP contribution in [0.1, 0.15) is 22.3 Å². The molecule has 28 heavy (non-hydrogen) atoms. The number of carbonyl (C=O) groups excluding carboxylic acids is 2. The number of hydrogen-bond donors (Lipinski definition) is 2. The lowest BCUT2D eigenvalue weighted by atomic mass is 10.3. The fraction of sp³-hybridized carbons (Fsp3) is 0.158. The van der Waals surface area contributed by atoms with Crippen molar-refractivity contribution >= 4 is 23.2 Å². The van der Waals surface area contributed by atoms with Crippen LogP contribution in [0.25, 0.3) is 10.7 Å². The van der Waals surface area contributed by atoms with Crippen LogP contribution in [0.3, 0.4) is 0 Å². The van der Waals surface area contributed by atoms with Crippen molar-refractivity contribution in [2.24, 2.45) is 0 Å². The van der Waals surface area contributed by atoms with Crippen LogP contribution >= 0.6 is 11.3 Å². The third kappa shape index (κ3) is 4.68. The Morgan fingerprint density at radius 2 is 1.89 bits per heavy atom. The SMILES string of the molecule is Cc1nc(-c2ccccn2)sc1C(=O)NNC(=O)C(C)Oc1ccc(F)cc1. The van der Waals surface area contributed by atoms with E-state index < -0.39 is 23.7 Å². The van der Waals surface area contributed by atoms with Gasteiger partial charge in [-0.15, -0.1) is 11.3 Å². The van der Waals surface area contributed by atoms with E-state index in [1.807, 2.05) is 6.07 Å². The molecule has 0 aliphatic rings. The summed E-state index contributed by atoms with van der Waals surface area (Å²) in [5, 5.41) is 0.614. The average Bonchev–Trinajstić information content (AvgIpc) is 3.10. The van der Waals surface area contributed by atoms with E-state index in [9.17, 15) is 14.0 Å². The number of ether oxygens (including phenoxy) is 1. The third-order valence-electron chi connectivity index (χ3n) is 3.68. The van der Waals surface area contributed by atoms with Crippen molar-refractivity contribution in [2.75, 3.05) is 0 Å². The first-order valence-corrected chi connectivity index (χ1v) is 9.17. The van der Waals surface area contributed by atoms with Gasteiger partial charge in [0, 0.05) is 6.20 Å². The molecule has 1 unspecified atom stereocenters. The minimum absolute atomic E-state index is 0.341. The van der Waals surface area contributed by atoms with Crippen molar-refractivity contribution in [1.82, 2.24) is 20.8 Å².